The number of amides is 1. The fourth-order valence-electron chi connectivity index (χ4n) is 4.12. The first-order valence-electron chi connectivity index (χ1n) is 12.3. The van der Waals surface area contributed by atoms with Crippen LogP contribution in [-0.2, 0) is 29.2 Å². The summed E-state index contributed by atoms with van der Waals surface area (Å²) in [6.07, 6.45) is 1.69. The zero-order valence-electron chi connectivity index (χ0n) is 22.5. The van der Waals surface area contributed by atoms with Crippen LogP contribution in [0.1, 0.15) is 72.1 Å². The molecule has 1 amide bonds. The van der Waals surface area contributed by atoms with E-state index in [1.807, 2.05) is 42.5 Å². The minimum Gasteiger partial charge on any atom is -0.507 e. The summed E-state index contributed by atoms with van der Waals surface area (Å²) in [4.78, 5) is 16.6. The lowest BCUT2D eigenvalue weighted by molar-refractivity contribution is -0.114. The minimum absolute atomic E-state index is 0.168. The smallest absolute Gasteiger partial charge is 0.350 e. The fourth-order valence-corrected chi connectivity index (χ4v) is 6.83. The van der Waals surface area contributed by atoms with Crippen LogP contribution in [0, 0.1) is 0 Å². The van der Waals surface area contributed by atoms with Crippen LogP contribution in [0.5, 0.6) is 5.75 Å². The van der Waals surface area contributed by atoms with Gasteiger partial charge in [-0.1, -0.05) is 65.4 Å². The van der Waals surface area contributed by atoms with E-state index < -0.39 is 7.60 Å². The van der Waals surface area contributed by atoms with E-state index in [0.717, 1.165) is 21.6 Å². The number of hydrogen-bond acceptors (Lipinski definition) is 6. The molecule has 0 bridgehead atoms. The Balaban J connectivity index is 2.14. The van der Waals surface area contributed by atoms with Gasteiger partial charge in [0.05, 0.1) is 23.8 Å². The molecule has 2 aromatic rings. The Bertz CT molecular complexity index is 1160. The van der Waals surface area contributed by atoms with E-state index in [4.69, 9.17) is 9.05 Å². The normalized spacial score (nSPS) is 15.9. The molecule has 0 saturated heterocycles. The lowest BCUT2D eigenvalue weighted by atomic mass is 9.78. The molecule has 0 aliphatic carbocycles. The molecule has 3 rings (SSSR count). The van der Waals surface area contributed by atoms with Gasteiger partial charge in [-0.3, -0.25) is 14.3 Å². The van der Waals surface area contributed by atoms with Gasteiger partial charge in [-0.15, -0.1) is 0 Å². The second-order valence-corrected chi connectivity index (χ2v) is 14.0. The summed E-state index contributed by atoms with van der Waals surface area (Å²) in [5.74, 6) is 0.0298. The highest BCUT2D eigenvalue weighted by atomic mass is 32.2. The molecule has 6 nitrogen and oxygen atoms in total. The second-order valence-electron chi connectivity index (χ2n) is 10.9. The number of fused-ring (bicyclic) bond motifs is 1. The predicted molar refractivity (Wildman–Crippen MR) is 149 cm³/mol. The summed E-state index contributed by atoms with van der Waals surface area (Å²) < 4.78 is 24.3. The molecule has 0 unspecified atom stereocenters. The van der Waals surface area contributed by atoms with Crippen molar-refractivity contribution >= 4 is 37.0 Å². The summed E-state index contributed by atoms with van der Waals surface area (Å²) in [5, 5.41) is 11.1. The maximum atomic E-state index is 13.8. The standard InChI is InChI=1S/C28H38NO5PS/c1-9-33-35(32,34-10-2)18-29-22-13-11-12-14-23(22)36-24(26(29)31)17-19-15-20(27(3,4)5)25(30)21(16-19)28(6,7)8/h11-17,30H,9-10,18H2,1-8H3. The molecule has 1 heterocycles. The Labute approximate surface area is 219 Å². The predicted octanol–water partition coefficient (Wildman–Crippen LogP) is 7.69. The van der Waals surface area contributed by atoms with Crippen LogP contribution in [0.4, 0.5) is 5.69 Å². The van der Waals surface area contributed by atoms with Gasteiger partial charge in [0.25, 0.3) is 5.91 Å². The molecule has 0 atom stereocenters. The van der Waals surface area contributed by atoms with Crippen molar-refractivity contribution in [2.75, 3.05) is 24.4 Å². The molecular weight excluding hydrogens is 493 g/mol. The Morgan fingerprint density at radius 3 is 2.00 bits per heavy atom. The van der Waals surface area contributed by atoms with Gasteiger partial charge in [-0.2, -0.15) is 0 Å². The van der Waals surface area contributed by atoms with Crippen molar-refractivity contribution in [2.24, 2.45) is 0 Å². The quantitative estimate of drug-likeness (QED) is 0.292. The van der Waals surface area contributed by atoms with Gasteiger partial charge >= 0.3 is 7.60 Å². The highest BCUT2D eigenvalue weighted by Gasteiger charge is 2.36. The third-order valence-corrected chi connectivity index (χ3v) is 8.85. The molecule has 0 radical (unpaired) electrons. The van der Waals surface area contributed by atoms with Gasteiger partial charge < -0.3 is 14.2 Å². The Hall–Kier alpha value is -2.05. The highest BCUT2D eigenvalue weighted by Crippen LogP contribution is 2.52. The van der Waals surface area contributed by atoms with Crippen molar-refractivity contribution in [1.29, 1.82) is 0 Å². The Morgan fingerprint density at radius 2 is 1.50 bits per heavy atom. The van der Waals surface area contributed by atoms with Crippen molar-refractivity contribution in [3.05, 3.63) is 58.0 Å². The van der Waals surface area contributed by atoms with E-state index >= 15 is 0 Å². The summed E-state index contributed by atoms with van der Waals surface area (Å²) in [7, 11) is -3.52. The van der Waals surface area contributed by atoms with Crippen molar-refractivity contribution < 1.29 is 23.5 Å². The largest absolute Gasteiger partial charge is 0.507 e. The number of phenols is 1. The lowest BCUT2D eigenvalue weighted by Crippen LogP contribution is -2.35. The molecule has 8 heteroatoms. The van der Waals surface area contributed by atoms with E-state index in [9.17, 15) is 14.5 Å². The first kappa shape index (κ1) is 28.5. The number of aromatic hydroxyl groups is 1. The van der Waals surface area contributed by atoms with Crippen LogP contribution in [-0.4, -0.2) is 30.5 Å². The molecule has 0 saturated carbocycles. The third-order valence-electron chi connectivity index (χ3n) is 5.84. The summed E-state index contributed by atoms with van der Waals surface area (Å²) in [5.41, 5.74) is 2.58. The number of carbonyl (C=O) groups is 1. The van der Waals surface area contributed by atoms with Crippen molar-refractivity contribution in [2.45, 2.75) is 71.1 Å². The number of thioether (sulfide) groups is 1. The van der Waals surface area contributed by atoms with Gasteiger partial charge in [0.15, 0.2) is 0 Å². The van der Waals surface area contributed by atoms with Crippen molar-refractivity contribution in [3.8, 4) is 5.75 Å². The SMILES string of the molecule is CCOP(=O)(CN1C(=O)C(=Cc2cc(C(C)(C)C)c(O)c(C(C)(C)C)c2)Sc2ccccc21)OCC. The Morgan fingerprint density at radius 1 is 0.972 bits per heavy atom. The average molecular weight is 532 g/mol. The molecule has 196 valence electrons. The van der Waals surface area contributed by atoms with E-state index in [0.29, 0.717) is 16.3 Å². The van der Waals surface area contributed by atoms with Gasteiger partial charge in [0.2, 0.25) is 0 Å². The zero-order valence-corrected chi connectivity index (χ0v) is 24.3. The first-order chi connectivity index (χ1) is 16.7. The number of rotatable bonds is 7. The van der Waals surface area contributed by atoms with Crippen LogP contribution in [0.2, 0.25) is 0 Å². The molecular formula is C28H38NO5PS. The molecule has 1 N–H and O–H groups in total. The molecule has 1 aliphatic rings. The summed E-state index contributed by atoms with van der Waals surface area (Å²) in [6, 6.07) is 11.4. The molecule has 0 aromatic heterocycles. The number of anilines is 1. The Kier molecular flexibility index (Phi) is 8.51. The van der Waals surface area contributed by atoms with E-state index in [1.165, 1.54) is 16.7 Å². The van der Waals surface area contributed by atoms with Crippen LogP contribution in [0.3, 0.4) is 0 Å². The van der Waals surface area contributed by atoms with Gasteiger partial charge in [-0.25, -0.2) is 0 Å². The number of benzene rings is 2. The zero-order chi connectivity index (χ0) is 26.9. The topological polar surface area (TPSA) is 76.1 Å². The van der Waals surface area contributed by atoms with Gasteiger partial charge in [0.1, 0.15) is 12.0 Å². The molecule has 36 heavy (non-hydrogen) atoms. The van der Waals surface area contributed by atoms with Crippen LogP contribution in [0.25, 0.3) is 6.08 Å². The lowest BCUT2D eigenvalue weighted by Gasteiger charge is -2.32. The van der Waals surface area contributed by atoms with E-state index in [-0.39, 0.29) is 36.2 Å². The average Bonchev–Trinajstić information content (AvgIpc) is 2.76. The molecule has 1 aliphatic heterocycles. The second kappa shape index (κ2) is 10.7. The van der Waals surface area contributed by atoms with Crippen LogP contribution in [0.15, 0.2) is 46.2 Å². The number of carbonyl (C=O) groups excluding carboxylic acids is 1. The summed E-state index contributed by atoms with van der Waals surface area (Å²) >= 11 is 1.38. The van der Waals surface area contributed by atoms with Crippen LogP contribution < -0.4 is 4.90 Å². The third kappa shape index (κ3) is 6.25. The van der Waals surface area contributed by atoms with Gasteiger partial charge in [0, 0.05) is 16.0 Å². The monoisotopic (exact) mass is 531 g/mol. The highest BCUT2D eigenvalue weighted by molar-refractivity contribution is 8.04. The van der Waals surface area contributed by atoms with E-state index in [2.05, 4.69) is 41.5 Å². The molecule has 2 aromatic carbocycles. The number of nitrogens with zero attached hydrogens (tertiary/aromatic N) is 1. The van der Waals surface area contributed by atoms with E-state index in [1.54, 1.807) is 13.8 Å². The maximum Gasteiger partial charge on any atom is 0.350 e. The van der Waals surface area contributed by atoms with Crippen LogP contribution >= 0.6 is 19.4 Å². The van der Waals surface area contributed by atoms with Crippen molar-refractivity contribution in [3.63, 3.8) is 0 Å². The minimum atomic E-state index is -3.52. The number of hydrogen-bond donors (Lipinski definition) is 1. The number of para-hydroxylation sites is 1. The molecule has 0 spiro atoms. The first-order valence-corrected chi connectivity index (χ1v) is 14.8. The fraction of sp³-hybridized carbons (Fsp3) is 0.464. The molecule has 0 fully saturated rings. The van der Waals surface area contributed by atoms with Crippen molar-refractivity contribution in [1.82, 2.24) is 0 Å². The maximum absolute atomic E-state index is 13.8. The van der Waals surface area contributed by atoms with Gasteiger partial charge in [-0.05, 0) is 60.6 Å². The number of phenolic OH excluding ortho intramolecular Hbond substituents is 1. The summed E-state index contributed by atoms with van der Waals surface area (Å²) in [6.45, 7) is 16.3.